The van der Waals surface area contributed by atoms with Crippen LogP contribution in [0.15, 0.2) is 48.5 Å². The molecule has 0 amide bonds. The lowest BCUT2D eigenvalue weighted by Gasteiger charge is -2.06. The molecule has 0 unspecified atom stereocenters. The van der Waals surface area contributed by atoms with Gasteiger partial charge in [0.2, 0.25) is 0 Å². The number of thiocarbonyl (C=S) groups is 1. The summed E-state index contributed by atoms with van der Waals surface area (Å²) in [5, 5.41) is 0. The van der Waals surface area contributed by atoms with Crippen molar-refractivity contribution in [1.29, 1.82) is 0 Å². The van der Waals surface area contributed by atoms with Crippen LogP contribution in [-0.4, -0.2) is 13.4 Å². The van der Waals surface area contributed by atoms with Crippen molar-refractivity contribution in [2.75, 3.05) is 0 Å². The summed E-state index contributed by atoms with van der Waals surface area (Å²) in [7, 11) is -3.32. The van der Waals surface area contributed by atoms with Crippen molar-refractivity contribution >= 4 is 27.0 Å². The summed E-state index contributed by atoms with van der Waals surface area (Å²) >= 11 is 4.84. The first kappa shape index (κ1) is 15.6. The molecule has 21 heavy (non-hydrogen) atoms. The first-order chi connectivity index (χ1) is 9.85. The lowest BCUT2D eigenvalue weighted by molar-refractivity contribution is 0.594. The third kappa shape index (κ3) is 4.61. The maximum absolute atomic E-state index is 12.8. The van der Waals surface area contributed by atoms with Crippen LogP contribution < -0.4 is 5.73 Å². The third-order valence-electron chi connectivity index (χ3n) is 2.92. The Kier molecular flexibility index (Phi) is 4.69. The summed E-state index contributed by atoms with van der Waals surface area (Å²) in [5.74, 6) is -0.587. The highest BCUT2D eigenvalue weighted by Gasteiger charge is 2.13. The second-order valence-electron chi connectivity index (χ2n) is 4.72. The predicted molar refractivity (Wildman–Crippen MR) is 85.1 cm³/mol. The second kappa shape index (κ2) is 6.32. The van der Waals surface area contributed by atoms with E-state index in [0.717, 1.165) is 0 Å². The molecule has 0 fully saturated rings. The minimum atomic E-state index is -3.32. The number of nitrogens with two attached hydrogens (primary N) is 1. The average Bonchev–Trinajstić information content (AvgIpc) is 2.41. The Morgan fingerprint density at radius 1 is 0.952 bits per heavy atom. The Bertz CT molecular complexity index is 738. The molecule has 0 atom stereocenters. The fraction of sp³-hybridized carbons (Fsp3) is 0.133. The topological polar surface area (TPSA) is 60.2 Å². The van der Waals surface area contributed by atoms with E-state index in [1.807, 2.05) is 0 Å². The van der Waals surface area contributed by atoms with E-state index in [0.29, 0.717) is 16.7 Å². The van der Waals surface area contributed by atoms with Gasteiger partial charge < -0.3 is 5.73 Å². The van der Waals surface area contributed by atoms with E-state index in [2.05, 4.69) is 0 Å². The van der Waals surface area contributed by atoms with E-state index in [4.69, 9.17) is 18.0 Å². The van der Waals surface area contributed by atoms with Gasteiger partial charge in [-0.15, -0.1) is 0 Å². The van der Waals surface area contributed by atoms with E-state index in [9.17, 15) is 12.8 Å². The Morgan fingerprint density at radius 2 is 1.38 bits per heavy atom. The normalized spacial score (nSPS) is 11.3. The van der Waals surface area contributed by atoms with Crippen LogP contribution >= 0.6 is 12.2 Å². The molecule has 0 saturated carbocycles. The van der Waals surface area contributed by atoms with Crippen molar-refractivity contribution in [3.63, 3.8) is 0 Å². The molecule has 0 saturated heterocycles. The predicted octanol–water partition coefficient (Wildman–Crippen LogP) is 2.57. The summed E-state index contributed by atoms with van der Waals surface area (Å²) in [6.45, 7) is 0. The molecule has 0 radical (unpaired) electrons. The summed E-state index contributed by atoms with van der Waals surface area (Å²) in [4.78, 5) is 0.274. The standard InChI is InChI=1S/C15H14FNO2S2/c16-14-7-3-12(4-8-14)10-21(18,19)9-11-1-5-13(6-2-11)15(17)20/h1-8H,9-10H2,(H2,17,20). The van der Waals surface area contributed by atoms with Crippen molar-refractivity contribution in [2.24, 2.45) is 5.73 Å². The van der Waals surface area contributed by atoms with Gasteiger partial charge in [0.25, 0.3) is 0 Å². The van der Waals surface area contributed by atoms with E-state index in [-0.39, 0.29) is 22.3 Å². The van der Waals surface area contributed by atoms with Crippen LogP contribution in [0.4, 0.5) is 4.39 Å². The summed E-state index contributed by atoms with van der Waals surface area (Å²) in [6, 6.07) is 12.2. The summed E-state index contributed by atoms with van der Waals surface area (Å²) in [6.07, 6.45) is 0. The fourth-order valence-corrected chi connectivity index (χ4v) is 3.54. The zero-order chi connectivity index (χ0) is 15.5. The van der Waals surface area contributed by atoms with Gasteiger partial charge in [-0.25, -0.2) is 12.8 Å². The molecule has 0 aliphatic carbocycles. The Balaban J connectivity index is 2.10. The van der Waals surface area contributed by atoms with Gasteiger partial charge in [0.15, 0.2) is 9.84 Å². The Morgan fingerprint density at radius 3 is 1.81 bits per heavy atom. The minimum Gasteiger partial charge on any atom is -0.389 e. The van der Waals surface area contributed by atoms with Crippen molar-refractivity contribution in [3.05, 3.63) is 71.0 Å². The van der Waals surface area contributed by atoms with Gasteiger partial charge in [0.1, 0.15) is 10.8 Å². The van der Waals surface area contributed by atoms with Gasteiger partial charge in [0, 0.05) is 5.56 Å². The van der Waals surface area contributed by atoms with E-state index >= 15 is 0 Å². The highest BCUT2D eigenvalue weighted by Crippen LogP contribution is 2.14. The maximum atomic E-state index is 12.8. The van der Waals surface area contributed by atoms with Crippen LogP contribution in [0.3, 0.4) is 0 Å². The molecule has 2 N–H and O–H groups in total. The van der Waals surface area contributed by atoms with Crippen LogP contribution in [0.2, 0.25) is 0 Å². The smallest absolute Gasteiger partial charge is 0.158 e. The van der Waals surface area contributed by atoms with E-state index in [1.54, 1.807) is 24.3 Å². The molecule has 3 nitrogen and oxygen atoms in total. The Hall–Kier alpha value is -1.79. The zero-order valence-corrected chi connectivity index (χ0v) is 12.8. The molecule has 110 valence electrons. The molecule has 2 aromatic carbocycles. The SMILES string of the molecule is NC(=S)c1ccc(CS(=O)(=O)Cc2ccc(F)cc2)cc1. The minimum absolute atomic E-state index is 0.0814. The lowest BCUT2D eigenvalue weighted by Crippen LogP contribution is -2.10. The van der Waals surface area contributed by atoms with Crippen molar-refractivity contribution < 1.29 is 12.8 Å². The third-order valence-corrected chi connectivity index (χ3v) is 4.71. The van der Waals surface area contributed by atoms with Crippen molar-refractivity contribution in [1.82, 2.24) is 0 Å². The van der Waals surface area contributed by atoms with Gasteiger partial charge in [-0.3, -0.25) is 0 Å². The summed E-state index contributed by atoms with van der Waals surface area (Å²) < 4.78 is 37.1. The van der Waals surface area contributed by atoms with Crippen LogP contribution in [0.1, 0.15) is 16.7 Å². The van der Waals surface area contributed by atoms with E-state index < -0.39 is 9.84 Å². The molecule has 0 heterocycles. The van der Waals surface area contributed by atoms with Crippen LogP contribution in [0, 0.1) is 5.82 Å². The van der Waals surface area contributed by atoms with Gasteiger partial charge in [-0.1, -0.05) is 48.6 Å². The molecule has 2 aromatic rings. The number of sulfone groups is 1. The number of benzene rings is 2. The molecule has 0 aliphatic rings. The lowest BCUT2D eigenvalue weighted by atomic mass is 10.1. The second-order valence-corrected chi connectivity index (χ2v) is 7.22. The van der Waals surface area contributed by atoms with Gasteiger partial charge in [-0.2, -0.15) is 0 Å². The van der Waals surface area contributed by atoms with E-state index in [1.165, 1.54) is 24.3 Å². The molecule has 2 rings (SSSR count). The average molecular weight is 323 g/mol. The van der Waals surface area contributed by atoms with Gasteiger partial charge >= 0.3 is 0 Å². The fourth-order valence-electron chi connectivity index (χ4n) is 1.90. The van der Waals surface area contributed by atoms with Gasteiger partial charge in [-0.05, 0) is 23.3 Å². The van der Waals surface area contributed by atoms with Gasteiger partial charge in [0.05, 0.1) is 11.5 Å². The molecule has 0 aromatic heterocycles. The van der Waals surface area contributed by atoms with Crippen LogP contribution in [0.25, 0.3) is 0 Å². The number of hydrogen-bond acceptors (Lipinski definition) is 3. The molecular weight excluding hydrogens is 309 g/mol. The largest absolute Gasteiger partial charge is 0.389 e. The number of hydrogen-bond donors (Lipinski definition) is 1. The number of rotatable bonds is 5. The molecule has 6 heteroatoms. The van der Waals surface area contributed by atoms with Crippen LogP contribution in [0.5, 0.6) is 0 Å². The zero-order valence-electron chi connectivity index (χ0n) is 11.1. The first-order valence-electron chi connectivity index (χ1n) is 6.19. The number of halogens is 1. The quantitative estimate of drug-likeness (QED) is 0.859. The summed E-state index contributed by atoms with van der Waals surface area (Å²) in [5.41, 5.74) is 7.42. The monoisotopic (exact) mass is 323 g/mol. The highest BCUT2D eigenvalue weighted by atomic mass is 32.2. The maximum Gasteiger partial charge on any atom is 0.158 e. The molecule has 0 spiro atoms. The molecule has 0 aliphatic heterocycles. The molecular formula is C15H14FNO2S2. The molecule has 0 bridgehead atoms. The van der Waals surface area contributed by atoms with Crippen molar-refractivity contribution in [3.8, 4) is 0 Å². The van der Waals surface area contributed by atoms with Crippen LogP contribution in [-0.2, 0) is 21.3 Å². The highest BCUT2D eigenvalue weighted by molar-refractivity contribution is 7.89. The first-order valence-corrected chi connectivity index (χ1v) is 8.42. The Labute approximate surface area is 128 Å². The van der Waals surface area contributed by atoms with Crippen molar-refractivity contribution in [2.45, 2.75) is 11.5 Å².